The molecule has 2 aromatic carbocycles. The summed E-state index contributed by atoms with van der Waals surface area (Å²) < 4.78 is 15.6. The standard InChI is InChI=1S/C18H19ClN2O4/c1-11-5-6-13(15(7-11)23-2)18(22)21-20-10-12-8-14(19)17(25-4)16(9-12)24-3/h5-10H,1-4H3,(H,21,22)/b20-10+. The van der Waals surface area contributed by atoms with Crippen molar-refractivity contribution in [3.05, 3.63) is 52.0 Å². The van der Waals surface area contributed by atoms with Crippen LogP contribution in [-0.2, 0) is 0 Å². The topological polar surface area (TPSA) is 69.2 Å². The number of carbonyl (C=O) groups is 1. The van der Waals surface area contributed by atoms with Crippen LogP contribution in [0.15, 0.2) is 35.4 Å². The van der Waals surface area contributed by atoms with Gasteiger partial charge >= 0.3 is 0 Å². The molecule has 0 aliphatic carbocycles. The second kappa shape index (κ2) is 8.39. The summed E-state index contributed by atoms with van der Waals surface area (Å²) in [5.41, 5.74) is 4.51. The lowest BCUT2D eigenvalue weighted by molar-refractivity contribution is 0.0952. The fourth-order valence-corrected chi connectivity index (χ4v) is 2.52. The minimum Gasteiger partial charge on any atom is -0.496 e. The number of benzene rings is 2. The van der Waals surface area contributed by atoms with Gasteiger partial charge in [0.15, 0.2) is 11.5 Å². The van der Waals surface area contributed by atoms with Crippen molar-refractivity contribution >= 4 is 23.7 Å². The van der Waals surface area contributed by atoms with Crippen molar-refractivity contribution in [3.8, 4) is 17.2 Å². The van der Waals surface area contributed by atoms with Gasteiger partial charge in [0.2, 0.25) is 0 Å². The molecule has 132 valence electrons. The Morgan fingerprint density at radius 3 is 2.44 bits per heavy atom. The number of hydrogen-bond acceptors (Lipinski definition) is 5. The van der Waals surface area contributed by atoms with Crippen LogP contribution < -0.4 is 19.6 Å². The Balaban J connectivity index is 2.16. The molecular weight excluding hydrogens is 344 g/mol. The Kier molecular flexibility index (Phi) is 6.25. The van der Waals surface area contributed by atoms with Crippen molar-refractivity contribution in [1.29, 1.82) is 0 Å². The SMILES string of the molecule is COc1cc(C)ccc1C(=O)N/N=C/c1cc(Cl)c(OC)c(OC)c1. The molecule has 0 atom stereocenters. The smallest absolute Gasteiger partial charge is 0.275 e. The van der Waals surface area contributed by atoms with Crippen LogP contribution >= 0.6 is 11.6 Å². The van der Waals surface area contributed by atoms with Crippen molar-refractivity contribution in [2.75, 3.05) is 21.3 Å². The van der Waals surface area contributed by atoms with Crippen LogP contribution in [0.4, 0.5) is 0 Å². The maximum atomic E-state index is 12.2. The van der Waals surface area contributed by atoms with Crippen molar-refractivity contribution in [3.63, 3.8) is 0 Å². The number of carbonyl (C=O) groups excluding carboxylic acids is 1. The molecule has 2 rings (SSSR count). The fourth-order valence-electron chi connectivity index (χ4n) is 2.22. The van der Waals surface area contributed by atoms with Gasteiger partial charge in [-0.15, -0.1) is 0 Å². The van der Waals surface area contributed by atoms with Gasteiger partial charge in [-0.05, 0) is 42.3 Å². The van der Waals surface area contributed by atoms with Gasteiger partial charge in [-0.3, -0.25) is 4.79 Å². The number of hydrazone groups is 1. The number of ether oxygens (including phenoxy) is 3. The Morgan fingerprint density at radius 2 is 1.80 bits per heavy atom. The Labute approximate surface area is 151 Å². The van der Waals surface area contributed by atoms with Crippen LogP contribution in [0.25, 0.3) is 0 Å². The monoisotopic (exact) mass is 362 g/mol. The predicted molar refractivity (Wildman–Crippen MR) is 97.3 cm³/mol. The van der Waals surface area contributed by atoms with Gasteiger partial charge in [0, 0.05) is 0 Å². The molecule has 0 saturated heterocycles. The highest BCUT2D eigenvalue weighted by atomic mass is 35.5. The van der Waals surface area contributed by atoms with Crippen LogP contribution in [0.5, 0.6) is 17.2 Å². The number of rotatable bonds is 6. The minimum absolute atomic E-state index is 0.375. The van der Waals surface area contributed by atoms with Gasteiger partial charge in [-0.25, -0.2) is 5.43 Å². The van der Waals surface area contributed by atoms with E-state index in [2.05, 4.69) is 10.5 Å². The van der Waals surface area contributed by atoms with Gasteiger partial charge in [0.05, 0.1) is 38.1 Å². The van der Waals surface area contributed by atoms with Gasteiger partial charge in [-0.1, -0.05) is 17.7 Å². The summed E-state index contributed by atoms with van der Waals surface area (Å²) in [5.74, 6) is 1.03. The van der Waals surface area contributed by atoms with E-state index in [-0.39, 0.29) is 5.91 Å². The minimum atomic E-state index is -0.375. The molecule has 0 saturated carbocycles. The lowest BCUT2D eigenvalue weighted by Gasteiger charge is -2.10. The van der Waals surface area contributed by atoms with E-state index in [4.69, 9.17) is 25.8 Å². The third-order valence-corrected chi connectivity index (χ3v) is 3.72. The molecule has 1 N–H and O–H groups in total. The zero-order valence-corrected chi connectivity index (χ0v) is 15.2. The predicted octanol–water partition coefficient (Wildman–Crippen LogP) is 3.44. The average molecular weight is 363 g/mol. The molecule has 0 spiro atoms. The van der Waals surface area contributed by atoms with Crippen molar-refractivity contribution in [2.24, 2.45) is 5.10 Å². The summed E-state index contributed by atoms with van der Waals surface area (Å²) >= 11 is 6.13. The van der Waals surface area contributed by atoms with Crippen LogP contribution in [0.3, 0.4) is 0 Å². The Hall–Kier alpha value is -2.73. The Bertz CT molecular complexity index is 806. The van der Waals surface area contributed by atoms with Crippen LogP contribution in [0, 0.1) is 6.92 Å². The first kappa shape index (κ1) is 18.6. The molecule has 0 radical (unpaired) electrons. The number of halogens is 1. The average Bonchev–Trinajstić information content (AvgIpc) is 2.60. The van der Waals surface area contributed by atoms with Gasteiger partial charge in [0.1, 0.15) is 5.75 Å². The van der Waals surface area contributed by atoms with E-state index >= 15 is 0 Å². The van der Waals surface area contributed by atoms with E-state index in [1.165, 1.54) is 27.5 Å². The molecule has 0 fully saturated rings. The molecule has 25 heavy (non-hydrogen) atoms. The van der Waals surface area contributed by atoms with E-state index < -0.39 is 0 Å². The first-order valence-electron chi connectivity index (χ1n) is 7.39. The molecule has 0 aliphatic heterocycles. The van der Waals surface area contributed by atoms with Crippen LogP contribution in [0.2, 0.25) is 5.02 Å². The van der Waals surface area contributed by atoms with Gasteiger partial charge < -0.3 is 14.2 Å². The summed E-state index contributed by atoms with van der Waals surface area (Å²) in [4.78, 5) is 12.2. The summed E-state index contributed by atoms with van der Waals surface area (Å²) in [6.07, 6.45) is 1.46. The summed E-state index contributed by atoms with van der Waals surface area (Å²) in [5, 5.41) is 4.34. The van der Waals surface area contributed by atoms with E-state index in [0.717, 1.165) is 5.56 Å². The molecular formula is C18H19ClN2O4. The lowest BCUT2D eigenvalue weighted by atomic mass is 10.1. The number of methoxy groups -OCH3 is 3. The zero-order valence-electron chi connectivity index (χ0n) is 14.4. The number of nitrogens with one attached hydrogen (secondary N) is 1. The van der Waals surface area contributed by atoms with E-state index in [0.29, 0.717) is 33.4 Å². The molecule has 2 aromatic rings. The zero-order chi connectivity index (χ0) is 18.4. The van der Waals surface area contributed by atoms with Crippen molar-refractivity contribution in [1.82, 2.24) is 5.43 Å². The third kappa shape index (κ3) is 4.42. The van der Waals surface area contributed by atoms with E-state index in [1.54, 1.807) is 24.3 Å². The lowest BCUT2D eigenvalue weighted by Crippen LogP contribution is -2.18. The van der Waals surface area contributed by atoms with E-state index in [1.807, 2.05) is 13.0 Å². The maximum absolute atomic E-state index is 12.2. The highest BCUT2D eigenvalue weighted by Gasteiger charge is 2.12. The number of hydrogen-bond donors (Lipinski definition) is 1. The first-order chi connectivity index (χ1) is 12.0. The van der Waals surface area contributed by atoms with Crippen molar-refractivity contribution < 1.29 is 19.0 Å². The second-order valence-corrected chi connectivity index (χ2v) is 5.55. The number of amides is 1. The van der Waals surface area contributed by atoms with Crippen LogP contribution in [0.1, 0.15) is 21.5 Å². The summed E-state index contributed by atoms with van der Waals surface area (Å²) in [6.45, 7) is 1.92. The largest absolute Gasteiger partial charge is 0.496 e. The molecule has 6 nitrogen and oxygen atoms in total. The summed E-state index contributed by atoms with van der Waals surface area (Å²) in [7, 11) is 4.54. The normalized spacial score (nSPS) is 10.6. The second-order valence-electron chi connectivity index (χ2n) is 5.14. The van der Waals surface area contributed by atoms with Gasteiger partial charge in [0.25, 0.3) is 5.91 Å². The number of aryl methyl sites for hydroxylation is 1. The first-order valence-corrected chi connectivity index (χ1v) is 7.77. The number of nitrogens with zero attached hydrogens (tertiary/aromatic N) is 1. The molecule has 1 amide bonds. The molecule has 0 aromatic heterocycles. The maximum Gasteiger partial charge on any atom is 0.275 e. The van der Waals surface area contributed by atoms with Crippen LogP contribution in [-0.4, -0.2) is 33.5 Å². The third-order valence-electron chi connectivity index (χ3n) is 3.44. The van der Waals surface area contributed by atoms with Crippen molar-refractivity contribution in [2.45, 2.75) is 6.92 Å². The van der Waals surface area contributed by atoms with E-state index in [9.17, 15) is 4.79 Å². The molecule has 0 unspecified atom stereocenters. The van der Waals surface area contributed by atoms with Gasteiger partial charge in [-0.2, -0.15) is 5.10 Å². The molecule has 0 heterocycles. The molecule has 7 heteroatoms. The highest BCUT2D eigenvalue weighted by Crippen LogP contribution is 2.35. The highest BCUT2D eigenvalue weighted by molar-refractivity contribution is 6.32. The Morgan fingerprint density at radius 1 is 1.08 bits per heavy atom. The molecule has 0 aliphatic rings. The molecule has 0 bridgehead atoms. The summed E-state index contributed by atoms with van der Waals surface area (Å²) in [6, 6.07) is 8.66. The quantitative estimate of drug-likeness (QED) is 0.631. The fraction of sp³-hybridized carbons (Fsp3) is 0.222.